The van der Waals surface area contributed by atoms with Crippen molar-refractivity contribution in [1.82, 2.24) is 4.90 Å². The first-order chi connectivity index (χ1) is 12.8. The maximum Gasteiger partial charge on any atom is 0.342 e. The molecule has 3 rings (SSSR count). The number of carboxylic acid groups (broad SMARTS) is 1. The molecule has 2 aliphatic heterocycles. The van der Waals surface area contributed by atoms with Gasteiger partial charge < -0.3 is 9.84 Å². The second-order valence-corrected chi connectivity index (χ2v) is 9.22. The Bertz CT molecular complexity index is 774. The first kappa shape index (κ1) is 20.0. The molecule has 1 aromatic rings. The number of ether oxygens (including phenoxy) is 1. The Labute approximate surface area is 164 Å². The van der Waals surface area contributed by atoms with Crippen LogP contribution in [0, 0.1) is 16.0 Å². The zero-order valence-electron chi connectivity index (χ0n) is 14.9. The van der Waals surface area contributed by atoms with E-state index in [0.717, 1.165) is 19.3 Å². The van der Waals surface area contributed by atoms with Gasteiger partial charge in [0.2, 0.25) is 0 Å². The Morgan fingerprint density at radius 2 is 2.11 bits per heavy atom. The van der Waals surface area contributed by atoms with Crippen molar-refractivity contribution >= 4 is 39.2 Å². The van der Waals surface area contributed by atoms with Gasteiger partial charge in [0.15, 0.2) is 0 Å². The maximum atomic E-state index is 12.4. The van der Waals surface area contributed by atoms with Gasteiger partial charge in [0, 0.05) is 28.3 Å². The van der Waals surface area contributed by atoms with Crippen molar-refractivity contribution in [3.8, 4) is 0 Å². The van der Waals surface area contributed by atoms with Crippen LogP contribution in [0.4, 0.5) is 5.69 Å². The van der Waals surface area contributed by atoms with Crippen LogP contribution in [0.25, 0.3) is 0 Å². The predicted octanol–water partition coefficient (Wildman–Crippen LogP) is 3.06. The Kier molecular flexibility index (Phi) is 5.97. The minimum absolute atomic E-state index is 0.0413. The fourth-order valence-electron chi connectivity index (χ4n) is 3.98. The summed E-state index contributed by atoms with van der Waals surface area (Å²) in [5, 5.41) is 20.2. The van der Waals surface area contributed by atoms with Crippen molar-refractivity contribution in [2.24, 2.45) is 5.92 Å². The third-order valence-electron chi connectivity index (χ3n) is 5.35. The second-order valence-electron chi connectivity index (χ2n) is 6.71. The number of carbonyl (C=O) groups is 2. The summed E-state index contributed by atoms with van der Waals surface area (Å²) in [6.07, 6.45) is 2.86. The topological polar surface area (TPSA) is 110 Å². The Balaban J connectivity index is 1.77. The Hall–Kier alpha value is -1.78. The van der Waals surface area contributed by atoms with Crippen molar-refractivity contribution in [2.45, 2.75) is 41.5 Å². The van der Waals surface area contributed by atoms with E-state index in [-0.39, 0.29) is 28.7 Å². The molecule has 2 aliphatic rings. The van der Waals surface area contributed by atoms with E-state index in [2.05, 4.69) is 4.90 Å². The van der Waals surface area contributed by atoms with Gasteiger partial charge in [-0.05, 0) is 38.4 Å². The smallest absolute Gasteiger partial charge is 0.342 e. The van der Waals surface area contributed by atoms with Crippen molar-refractivity contribution in [2.75, 3.05) is 14.2 Å². The average Bonchev–Trinajstić information content (AvgIpc) is 2.88. The molecule has 8 nitrogen and oxygen atoms in total. The number of nitro groups is 1. The number of nitro benzene ring substituents is 1. The van der Waals surface area contributed by atoms with E-state index in [9.17, 15) is 24.8 Å². The molecule has 146 valence electrons. The van der Waals surface area contributed by atoms with Crippen molar-refractivity contribution in [1.29, 1.82) is 0 Å². The molecule has 1 N–H and O–H groups in total. The molecule has 0 unspecified atom stereocenters. The molecule has 0 saturated carbocycles. The van der Waals surface area contributed by atoms with Crippen LogP contribution in [0.2, 0.25) is 0 Å². The molecule has 2 fully saturated rings. The number of methoxy groups -OCH3 is 1. The molecule has 1 aromatic carbocycles. The molecule has 4 atom stereocenters. The highest BCUT2D eigenvalue weighted by Crippen LogP contribution is 2.48. The number of piperidine rings is 1. The maximum absolute atomic E-state index is 12.4. The summed E-state index contributed by atoms with van der Waals surface area (Å²) in [4.78, 5) is 36.8. The van der Waals surface area contributed by atoms with Crippen molar-refractivity contribution < 1.29 is 24.4 Å². The first-order valence-corrected chi connectivity index (χ1v) is 10.7. The molecule has 0 spiro atoms. The predicted molar refractivity (Wildman–Crippen MR) is 102 cm³/mol. The summed E-state index contributed by atoms with van der Waals surface area (Å²) in [6, 6.07) is 4.65. The first-order valence-electron chi connectivity index (χ1n) is 8.48. The number of fused-ring (bicyclic) bond motifs is 2. The van der Waals surface area contributed by atoms with Gasteiger partial charge in [0.1, 0.15) is 5.56 Å². The summed E-state index contributed by atoms with van der Waals surface area (Å²) in [6.45, 7) is 0. The van der Waals surface area contributed by atoms with Gasteiger partial charge in [-0.3, -0.25) is 19.8 Å². The minimum atomic E-state index is -1.33. The molecule has 10 heteroatoms. The fourth-order valence-corrected chi connectivity index (χ4v) is 6.83. The Morgan fingerprint density at radius 3 is 2.74 bits per heavy atom. The van der Waals surface area contributed by atoms with Crippen molar-refractivity contribution in [3.05, 3.63) is 33.9 Å². The molecule has 0 aliphatic carbocycles. The number of aromatic carboxylic acids is 1. The monoisotopic (exact) mass is 412 g/mol. The van der Waals surface area contributed by atoms with Crippen molar-refractivity contribution in [3.63, 3.8) is 0 Å². The molecule has 27 heavy (non-hydrogen) atoms. The lowest BCUT2D eigenvalue weighted by Gasteiger charge is -2.40. The van der Waals surface area contributed by atoms with Crippen LogP contribution in [-0.4, -0.2) is 58.4 Å². The summed E-state index contributed by atoms with van der Waals surface area (Å²) in [7, 11) is 6.30. The molecule has 2 heterocycles. The van der Waals surface area contributed by atoms with Gasteiger partial charge in [0.25, 0.3) is 5.69 Å². The molecule has 0 radical (unpaired) electrons. The summed E-state index contributed by atoms with van der Waals surface area (Å²) in [5.74, 6) is -1.80. The van der Waals surface area contributed by atoms with E-state index in [1.165, 1.54) is 40.8 Å². The fraction of sp³-hybridized carbons (Fsp3) is 0.529. The lowest BCUT2D eigenvalue weighted by atomic mass is 9.90. The normalized spacial score (nSPS) is 27.3. The highest BCUT2D eigenvalue weighted by molar-refractivity contribution is 8.77. The number of hydrogen-bond donors (Lipinski definition) is 1. The van der Waals surface area contributed by atoms with Gasteiger partial charge in [-0.2, -0.15) is 0 Å². The van der Waals surface area contributed by atoms with Crippen LogP contribution >= 0.6 is 21.6 Å². The standard InChI is InChI=1S/C17H20N2O6S2/c1-18-9-3-5-13(18)15(17(22)25-2)14(7-9)27-26-10-4-6-12(19(23)24)11(8-10)16(20)21/h4,6,8-9,13-15H,3,5,7H2,1-2H3,(H,20,21)/t9-,13+,14-,15+/m0/s1. The van der Waals surface area contributed by atoms with E-state index in [1.54, 1.807) is 6.07 Å². The summed E-state index contributed by atoms with van der Waals surface area (Å²) < 4.78 is 5.02. The highest BCUT2D eigenvalue weighted by atomic mass is 33.1. The third-order valence-corrected chi connectivity index (χ3v) is 8.23. The number of benzene rings is 1. The summed E-state index contributed by atoms with van der Waals surface area (Å²) >= 11 is 0. The van der Waals surface area contributed by atoms with Gasteiger partial charge in [-0.15, -0.1) is 0 Å². The van der Waals surface area contributed by atoms with Gasteiger partial charge in [-0.25, -0.2) is 4.79 Å². The van der Waals surface area contributed by atoms with E-state index in [1.807, 2.05) is 7.05 Å². The van der Waals surface area contributed by atoms with E-state index in [0.29, 0.717) is 10.9 Å². The van der Waals surface area contributed by atoms with E-state index >= 15 is 0 Å². The van der Waals surface area contributed by atoms with Crippen LogP contribution < -0.4 is 0 Å². The lowest BCUT2D eigenvalue weighted by Crippen LogP contribution is -2.51. The molecule has 0 aromatic heterocycles. The Morgan fingerprint density at radius 1 is 1.37 bits per heavy atom. The summed E-state index contributed by atoms with van der Waals surface area (Å²) in [5.41, 5.74) is -0.764. The average molecular weight is 412 g/mol. The molecule has 2 bridgehead atoms. The highest BCUT2D eigenvalue weighted by Gasteiger charge is 2.49. The number of rotatable bonds is 6. The van der Waals surface area contributed by atoms with Crippen LogP contribution in [0.1, 0.15) is 29.6 Å². The van der Waals surface area contributed by atoms with Gasteiger partial charge >= 0.3 is 11.9 Å². The minimum Gasteiger partial charge on any atom is -0.477 e. The number of carbonyl (C=O) groups excluding carboxylic acids is 1. The largest absolute Gasteiger partial charge is 0.477 e. The van der Waals surface area contributed by atoms with Crippen LogP contribution in [0.5, 0.6) is 0 Å². The van der Waals surface area contributed by atoms with Crippen LogP contribution in [0.3, 0.4) is 0 Å². The van der Waals surface area contributed by atoms with Crippen LogP contribution in [-0.2, 0) is 9.53 Å². The number of nitrogens with zero attached hydrogens (tertiary/aromatic N) is 2. The molecular weight excluding hydrogens is 392 g/mol. The zero-order chi connectivity index (χ0) is 19.7. The van der Waals surface area contributed by atoms with E-state index < -0.39 is 16.6 Å². The lowest BCUT2D eigenvalue weighted by molar-refractivity contribution is -0.385. The second kappa shape index (κ2) is 8.07. The van der Waals surface area contributed by atoms with Gasteiger partial charge in [-0.1, -0.05) is 21.6 Å². The zero-order valence-corrected chi connectivity index (χ0v) is 16.5. The number of esters is 1. The molecular formula is C17H20N2O6S2. The van der Waals surface area contributed by atoms with E-state index in [4.69, 9.17) is 4.74 Å². The number of hydrogen-bond acceptors (Lipinski definition) is 8. The van der Waals surface area contributed by atoms with Gasteiger partial charge in [0.05, 0.1) is 18.0 Å². The molecule has 2 saturated heterocycles. The number of carboxylic acids is 1. The SMILES string of the molecule is COC(=O)[C@H]1[C@@H](SSc2ccc([N+](=O)[O-])c(C(=O)O)c2)C[C@@H]2CC[C@H]1N2C. The molecule has 0 amide bonds. The third kappa shape index (κ3) is 3.92. The van der Waals surface area contributed by atoms with Crippen LogP contribution in [0.15, 0.2) is 23.1 Å². The quantitative estimate of drug-likeness (QED) is 0.326.